The van der Waals surface area contributed by atoms with E-state index in [1.165, 1.54) is 32.8 Å². The molecule has 0 rings (SSSR count). The summed E-state index contributed by atoms with van der Waals surface area (Å²) < 4.78 is 4.60. The first kappa shape index (κ1) is 21.2. The molecule has 0 aliphatic rings. The molecule has 0 aromatic heterocycles. The third-order valence-corrected chi connectivity index (χ3v) is 3.87. The summed E-state index contributed by atoms with van der Waals surface area (Å²) in [5.41, 5.74) is 5.69. The highest BCUT2D eigenvalue weighted by atomic mass is 32.1. The van der Waals surface area contributed by atoms with Gasteiger partial charge in [0, 0.05) is 13.0 Å². The number of carbonyl (C=O) groups excluding carboxylic acids is 2. The molecular weight excluding hydrogens is 300 g/mol. The molecule has 1 amide bonds. The molecule has 6 heteroatoms. The average Bonchev–Trinajstić information content (AvgIpc) is 2.52. The van der Waals surface area contributed by atoms with E-state index in [9.17, 15) is 9.59 Å². The molecule has 130 valence electrons. The van der Waals surface area contributed by atoms with E-state index in [0.29, 0.717) is 25.1 Å². The molecule has 22 heavy (non-hydrogen) atoms. The molecular formula is C16H32N2O3S. The number of amides is 1. The first-order valence-electron chi connectivity index (χ1n) is 8.32. The molecule has 0 aliphatic heterocycles. The van der Waals surface area contributed by atoms with E-state index in [4.69, 9.17) is 5.73 Å². The van der Waals surface area contributed by atoms with Gasteiger partial charge < -0.3 is 15.8 Å². The number of thiol groups is 1. The summed E-state index contributed by atoms with van der Waals surface area (Å²) in [6, 6.07) is -0.428. The predicted octanol–water partition coefficient (Wildman–Crippen LogP) is 2.43. The molecule has 0 aromatic rings. The molecule has 0 aliphatic carbocycles. The van der Waals surface area contributed by atoms with Crippen LogP contribution in [0.25, 0.3) is 0 Å². The third-order valence-electron chi connectivity index (χ3n) is 3.61. The zero-order valence-corrected chi connectivity index (χ0v) is 14.7. The van der Waals surface area contributed by atoms with Crippen LogP contribution in [-0.2, 0) is 14.3 Å². The monoisotopic (exact) mass is 332 g/mol. The lowest BCUT2D eigenvalue weighted by Crippen LogP contribution is -2.41. The summed E-state index contributed by atoms with van der Waals surface area (Å²) in [5.74, 6) is 0.449. The highest BCUT2D eigenvalue weighted by molar-refractivity contribution is 7.80. The highest BCUT2D eigenvalue weighted by Gasteiger charge is 2.10. The second-order valence-corrected chi connectivity index (χ2v) is 6.01. The number of carbonyl (C=O) groups is 2. The number of hydrogen-bond acceptors (Lipinski definition) is 5. The van der Waals surface area contributed by atoms with Crippen molar-refractivity contribution in [1.29, 1.82) is 0 Å². The fourth-order valence-corrected chi connectivity index (χ4v) is 2.45. The number of unbranched alkanes of at least 4 members (excludes halogenated alkanes) is 7. The Morgan fingerprint density at radius 1 is 1.05 bits per heavy atom. The molecule has 0 spiro atoms. The Hall–Kier alpha value is -0.750. The maximum Gasteiger partial charge on any atom is 0.305 e. The number of methoxy groups -OCH3 is 1. The smallest absolute Gasteiger partial charge is 0.305 e. The fraction of sp³-hybridized carbons (Fsp3) is 0.875. The van der Waals surface area contributed by atoms with Gasteiger partial charge in [-0.15, -0.1) is 0 Å². The molecule has 0 fully saturated rings. The summed E-state index contributed by atoms with van der Waals surface area (Å²) in [6.07, 6.45) is 10.1. The molecule has 0 saturated carbocycles. The SMILES string of the molecule is COC(=O)CCCCCCCCCCNC(=O)C(N)CCS. The van der Waals surface area contributed by atoms with Gasteiger partial charge in [0.25, 0.3) is 0 Å². The minimum absolute atomic E-state index is 0.0698. The Morgan fingerprint density at radius 2 is 1.59 bits per heavy atom. The second kappa shape index (κ2) is 15.2. The summed E-state index contributed by atoms with van der Waals surface area (Å²) in [6.45, 7) is 0.707. The molecule has 1 unspecified atom stereocenters. The lowest BCUT2D eigenvalue weighted by atomic mass is 10.1. The second-order valence-electron chi connectivity index (χ2n) is 5.56. The van der Waals surface area contributed by atoms with Crippen molar-refractivity contribution < 1.29 is 14.3 Å². The maximum absolute atomic E-state index is 11.5. The average molecular weight is 333 g/mol. The van der Waals surface area contributed by atoms with Gasteiger partial charge in [-0.2, -0.15) is 12.6 Å². The largest absolute Gasteiger partial charge is 0.469 e. The number of nitrogens with one attached hydrogen (secondary N) is 1. The Kier molecular flexibility index (Phi) is 14.6. The van der Waals surface area contributed by atoms with Crippen LogP contribution in [0.5, 0.6) is 0 Å². The molecule has 5 nitrogen and oxygen atoms in total. The number of hydrogen-bond donors (Lipinski definition) is 3. The molecule has 3 N–H and O–H groups in total. The van der Waals surface area contributed by atoms with E-state index in [1.807, 2.05) is 0 Å². The van der Waals surface area contributed by atoms with Crippen molar-refractivity contribution in [2.24, 2.45) is 5.73 Å². The molecule has 0 aromatic carbocycles. The quantitative estimate of drug-likeness (QED) is 0.259. The van der Waals surface area contributed by atoms with Crippen LogP contribution in [0.4, 0.5) is 0 Å². The van der Waals surface area contributed by atoms with Gasteiger partial charge in [-0.3, -0.25) is 9.59 Å². The van der Waals surface area contributed by atoms with Crippen LogP contribution in [0.3, 0.4) is 0 Å². The number of nitrogens with two attached hydrogens (primary N) is 1. The van der Waals surface area contributed by atoms with E-state index in [-0.39, 0.29) is 11.9 Å². The van der Waals surface area contributed by atoms with Crippen molar-refractivity contribution in [1.82, 2.24) is 5.32 Å². The van der Waals surface area contributed by atoms with Crippen molar-refractivity contribution in [3.05, 3.63) is 0 Å². The number of rotatable bonds is 14. The Bertz CT molecular complexity index is 301. The highest BCUT2D eigenvalue weighted by Crippen LogP contribution is 2.09. The van der Waals surface area contributed by atoms with Gasteiger partial charge in [0.1, 0.15) is 0 Å². The molecule has 0 heterocycles. The zero-order chi connectivity index (χ0) is 16.6. The summed E-state index contributed by atoms with van der Waals surface area (Å²) >= 11 is 4.06. The van der Waals surface area contributed by atoms with Crippen LogP contribution >= 0.6 is 12.6 Å². The normalized spacial score (nSPS) is 12.0. The van der Waals surface area contributed by atoms with Gasteiger partial charge in [0.15, 0.2) is 0 Å². The van der Waals surface area contributed by atoms with Crippen molar-refractivity contribution in [2.45, 2.75) is 70.3 Å². The molecule has 1 atom stereocenters. The van der Waals surface area contributed by atoms with Crippen molar-refractivity contribution >= 4 is 24.5 Å². The molecule has 0 saturated heterocycles. The lowest BCUT2D eigenvalue weighted by Gasteiger charge is -2.10. The van der Waals surface area contributed by atoms with Crippen molar-refractivity contribution in [2.75, 3.05) is 19.4 Å². The third kappa shape index (κ3) is 13.0. The molecule has 0 bridgehead atoms. The van der Waals surface area contributed by atoms with Crippen molar-refractivity contribution in [3.8, 4) is 0 Å². The minimum atomic E-state index is -0.428. The van der Waals surface area contributed by atoms with E-state index in [0.717, 1.165) is 25.7 Å². The standard InChI is InChI=1S/C16H32N2O3S/c1-21-15(19)10-8-6-4-2-3-5-7-9-12-18-16(20)14(17)11-13-22/h14,22H,2-13,17H2,1H3,(H,18,20). The summed E-state index contributed by atoms with van der Waals surface area (Å²) in [7, 11) is 1.43. The van der Waals surface area contributed by atoms with Crippen molar-refractivity contribution in [3.63, 3.8) is 0 Å². The Morgan fingerprint density at radius 3 is 2.14 bits per heavy atom. The topological polar surface area (TPSA) is 81.4 Å². The van der Waals surface area contributed by atoms with Gasteiger partial charge in [0.05, 0.1) is 13.2 Å². The van der Waals surface area contributed by atoms with E-state index >= 15 is 0 Å². The molecule has 0 radical (unpaired) electrons. The first-order chi connectivity index (χ1) is 10.6. The van der Waals surface area contributed by atoms with Crippen LogP contribution in [0.15, 0.2) is 0 Å². The maximum atomic E-state index is 11.5. The fourth-order valence-electron chi connectivity index (χ4n) is 2.17. The van der Waals surface area contributed by atoms with E-state index < -0.39 is 6.04 Å². The minimum Gasteiger partial charge on any atom is -0.469 e. The Balaban J connectivity index is 3.24. The van der Waals surface area contributed by atoms with Crippen LogP contribution in [0, 0.1) is 0 Å². The van der Waals surface area contributed by atoms with E-state index in [2.05, 4.69) is 22.7 Å². The van der Waals surface area contributed by atoms with Gasteiger partial charge in [-0.1, -0.05) is 38.5 Å². The zero-order valence-electron chi connectivity index (χ0n) is 13.8. The van der Waals surface area contributed by atoms with Gasteiger partial charge in [-0.25, -0.2) is 0 Å². The first-order valence-corrected chi connectivity index (χ1v) is 8.96. The van der Waals surface area contributed by atoms with Gasteiger partial charge >= 0.3 is 5.97 Å². The van der Waals surface area contributed by atoms with Gasteiger partial charge in [-0.05, 0) is 25.0 Å². The van der Waals surface area contributed by atoms with Crippen LogP contribution in [0.2, 0.25) is 0 Å². The van der Waals surface area contributed by atoms with E-state index in [1.54, 1.807) is 0 Å². The summed E-state index contributed by atoms with van der Waals surface area (Å²) in [4.78, 5) is 22.4. The number of ether oxygens (including phenoxy) is 1. The van der Waals surface area contributed by atoms with Gasteiger partial charge in [0.2, 0.25) is 5.91 Å². The lowest BCUT2D eigenvalue weighted by molar-refractivity contribution is -0.140. The van der Waals surface area contributed by atoms with Crippen LogP contribution in [0.1, 0.15) is 64.2 Å². The number of esters is 1. The van der Waals surface area contributed by atoms with Crippen LogP contribution in [-0.4, -0.2) is 37.3 Å². The summed E-state index contributed by atoms with van der Waals surface area (Å²) in [5, 5.41) is 2.86. The Labute approximate surface area is 140 Å². The predicted molar refractivity (Wildman–Crippen MR) is 93.0 cm³/mol. The van der Waals surface area contributed by atoms with Crippen LogP contribution < -0.4 is 11.1 Å².